The normalized spacial score (nSPS) is 13.8. The van der Waals surface area contributed by atoms with Crippen LogP contribution in [0.5, 0.6) is 0 Å². The van der Waals surface area contributed by atoms with Crippen molar-refractivity contribution >= 4 is 0 Å². The summed E-state index contributed by atoms with van der Waals surface area (Å²) in [6.07, 6.45) is 2.02. The van der Waals surface area contributed by atoms with Gasteiger partial charge in [-0.2, -0.15) is 0 Å². The van der Waals surface area contributed by atoms with Crippen LogP contribution in [0.25, 0.3) is 0 Å². The molecule has 0 saturated carbocycles. The van der Waals surface area contributed by atoms with Gasteiger partial charge in [0.25, 0.3) is 0 Å². The van der Waals surface area contributed by atoms with Gasteiger partial charge in [-0.05, 0) is 54.1 Å². The average molecular weight is 217 g/mol. The first-order chi connectivity index (χ1) is 7.10. The van der Waals surface area contributed by atoms with Gasteiger partial charge < -0.3 is 20.2 Å². The molecule has 2 N–H and O–H groups in total. The number of hydrogen-bond acceptors (Lipinski definition) is 4. The van der Waals surface area contributed by atoms with Crippen LogP contribution in [0.1, 0.15) is 12.8 Å². The third kappa shape index (κ3) is 8.81. The van der Waals surface area contributed by atoms with Gasteiger partial charge in [0, 0.05) is 19.2 Å². The number of aliphatic hydroxyl groups is 1. The zero-order chi connectivity index (χ0) is 11.7. The molecule has 15 heavy (non-hydrogen) atoms. The van der Waals surface area contributed by atoms with Crippen LogP contribution in [0.3, 0.4) is 0 Å². The Morgan fingerprint density at radius 2 is 1.87 bits per heavy atom. The number of likely N-dealkylation sites (N-methyl/N-ethyl adjacent to an activating group) is 2. The number of aliphatic hydroxyl groups excluding tert-OH is 1. The third-order valence-corrected chi connectivity index (χ3v) is 2.56. The molecular formula is C11H27N3O. The van der Waals surface area contributed by atoms with Crippen molar-refractivity contribution in [2.75, 3.05) is 54.4 Å². The van der Waals surface area contributed by atoms with Crippen molar-refractivity contribution in [2.24, 2.45) is 0 Å². The molecule has 0 heterocycles. The third-order valence-electron chi connectivity index (χ3n) is 2.56. The predicted molar refractivity (Wildman–Crippen MR) is 65.2 cm³/mol. The monoisotopic (exact) mass is 217 g/mol. The van der Waals surface area contributed by atoms with Crippen molar-refractivity contribution in [3.8, 4) is 0 Å². The summed E-state index contributed by atoms with van der Waals surface area (Å²) < 4.78 is 0. The van der Waals surface area contributed by atoms with Crippen molar-refractivity contribution in [2.45, 2.75) is 18.9 Å². The van der Waals surface area contributed by atoms with Gasteiger partial charge in [0.05, 0.1) is 0 Å². The van der Waals surface area contributed by atoms with Crippen LogP contribution in [0.2, 0.25) is 0 Å². The second-order valence-electron chi connectivity index (χ2n) is 4.42. The lowest BCUT2D eigenvalue weighted by Crippen LogP contribution is -2.39. The molecule has 0 aromatic heterocycles. The first-order valence-corrected chi connectivity index (χ1v) is 5.71. The molecule has 0 bridgehead atoms. The van der Waals surface area contributed by atoms with E-state index in [1.165, 1.54) is 6.42 Å². The zero-order valence-corrected chi connectivity index (χ0v) is 10.7. The van der Waals surface area contributed by atoms with E-state index in [1.54, 1.807) is 0 Å². The molecule has 4 nitrogen and oxygen atoms in total. The topological polar surface area (TPSA) is 38.7 Å². The smallest absolute Gasteiger partial charge is 0.0446 e. The van der Waals surface area contributed by atoms with Gasteiger partial charge >= 0.3 is 0 Å². The van der Waals surface area contributed by atoms with Crippen molar-refractivity contribution in [3.63, 3.8) is 0 Å². The van der Waals surface area contributed by atoms with Gasteiger partial charge in [0.15, 0.2) is 0 Å². The van der Waals surface area contributed by atoms with Gasteiger partial charge in [-0.25, -0.2) is 0 Å². The highest BCUT2D eigenvalue weighted by Gasteiger charge is 2.08. The molecule has 1 unspecified atom stereocenters. The Labute approximate surface area is 94.3 Å². The highest BCUT2D eigenvalue weighted by Crippen LogP contribution is 1.96. The minimum absolute atomic E-state index is 0.261. The van der Waals surface area contributed by atoms with Gasteiger partial charge in [0.1, 0.15) is 0 Å². The molecule has 0 aliphatic rings. The van der Waals surface area contributed by atoms with E-state index in [0.717, 1.165) is 26.1 Å². The number of hydrogen-bond donors (Lipinski definition) is 2. The molecule has 92 valence electrons. The Hall–Kier alpha value is -0.160. The molecule has 4 heteroatoms. The van der Waals surface area contributed by atoms with Crippen molar-refractivity contribution in [1.29, 1.82) is 0 Å². The van der Waals surface area contributed by atoms with E-state index in [1.807, 2.05) is 7.05 Å². The summed E-state index contributed by atoms with van der Waals surface area (Å²) in [6, 6.07) is 0.402. The average Bonchev–Trinajstić information content (AvgIpc) is 2.16. The lowest BCUT2D eigenvalue weighted by atomic mass is 10.2. The largest absolute Gasteiger partial charge is 0.396 e. The lowest BCUT2D eigenvalue weighted by molar-refractivity contribution is 0.228. The second-order valence-corrected chi connectivity index (χ2v) is 4.42. The van der Waals surface area contributed by atoms with E-state index in [0.29, 0.717) is 6.04 Å². The van der Waals surface area contributed by atoms with Crippen LogP contribution in [0.15, 0.2) is 0 Å². The number of nitrogens with zero attached hydrogens (tertiary/aromatic N) is 2. The zero-order valence-electron chi connectivity index (χ0n) is 10.7. The van der Waals surface area contributed by atoms with Crippen LogP contribution in [-0.4, -0.2) is 75.4 Å². The molecule has 0 aromatic carbocycles. The number of rotatable bonds is 9. The van der Waals surface area contributed by atoms with Gasteiger partial charge in [0.2, 0.25) is 0 Å². The molecule has 0 spiro atoms. The summed E-state index contributed by atoms with van der Waals surface area (Å²) >= 11 is 0. The maximum absolute atomic E-state index is 8.86. The summed E-state index contributed by atoms with van der Waals surface area (Å²) in [5.74, 6) is 0. The van der Waals surface area contributed by atoms with Gasteiger partial charge in [-0.3, -0.25) is 0 Å². The van der Waals surface area contributed by atoms with Crippen LogP contribution in [0.4, 0.5) is 0 Å². The van der Waals surface area contributed by atoms with E-state index < -0.39 is 0 Å². The number of nitrogens with one attached hydrogen (secondary N) is 1. The minimum atomic E-state index is 0.261. The summed E-state index contributed by atoms with van der Waals surface area (Å²) in [7, 11) is 8.29. The summed E-state index contributed by atoms with van der Waals surface area (Å²) in [5, 5.41) is 12.1. The Bertz CT molecular complexity index is 142. The predicted octanol–water partition coefficient (Wildman–Crippen LogP) is -0.160. The quantitative estimate of drug-likeness (QED) is 0.563. The van der Waals surface area contributed by atoms with Crippen LogP contribution in [-0.2, 0) is 0 Å². The fraction of sp³-hybridized carbons (Fsp3) is 1.00. The maximum Gasteiger partial charge on any atom is 0.0446 e. The summed E-state index contributed by atoms with van der Waals surface area (Å²) in [6.45, 7) is 3.51. The molecule has 0 rings (SSSR count). The van der Waals surface area contributed by atoms with Crippen molar-refractivity contribution in [3.05, 3.63) is 0 Å². The fourth-order valence-electron chi connectivity index (χ4n) is 1.61. The SMILES string of the molecule is CNC(CCO)CN(C)CCCN(C)C. The Balaban J connectivity index is 3.56. The molecule has 0 saturated heterocycles. The first kappa shape index (κ1) is 14.8. The summed E-state index contributed by atoms with van der Waals surface area (Å²) in [5.41, 5.74) is 0. The Morgan fingerprint density at radius 1 is 1.20 bits per heavy atom. The standard InChI is InChI=1S/C11H27N3O/c1-12-11(6-9-15)10-14(4)8-5-7-13(2)3/h11-12,15H,5-10H2,1-4H3. The Kier molecular flexibility index (Phi) is 9.00. The molecule has 0 amide bonds. The molecular weight excluding hydrogens is 190 g/mol. The van der Waals surface area contributed by atoms with Gasteiger partial charge in [-0.15, -0.1) is 0 Å². The maximum atomic E-state index is 8.86. The van der Waals surface area contributed by atoms with E-state index in [-0.39, 0.29) is 6.61 Å². The van der Waals surface area contributed by atoms with E-state index in [9.17, 15) is 0 Å². The molecule has 0 aliphatic carbocycles. The molecule has 1 atom stereocenters. The fourth-order valence-corrected chi connectivity index (χ4v) is 1.61. The van der Waals surface area contributed by atoms with E-state index in [2.05, 4.69) is 36.3 Å². The van der Waals surface area contributed by atoms with Gasteiger partial charge in [-0.1, -0.05) is 0 Å². The highest BCUT2D eigenvalue weighted by atomic mass is 16.3. The van der Waals surface area contributed by atoms with Crippen LogP contribution in [0, 0.1) is 0 Å². The summed E-state index contributed by atoms with van der Waals surface area (Å²) in [4.78, 5) is 4.53. The lowest BCUT2D eigenvalue weighted by Gasteiger charge is -2.23. The van der Waals surface area contributed by atoms with Crippen molar-refractivity contribution in [1.82, 2.24) is 15.1 Å². The van der Waals surface area contributed by atoms with Crippen LogP contribution < -0.4 is 5.32 Å². The van der Waals surface area contributed by atoms with Crippen molar-refractivity contribution < 1.29 is 5.11 Å². The first-order valence-electron chi connectivity index (χ1n) is 5.71. The van der Waals surface area contributed by atoms with E-state index >= 15 is 0 Å². The second kappa shape index (κ2) is 9.09. The molecule has 0 aromatic rings. The minimum Gasteiger partial charge on any atom is -0.396 e. The molecule has 0 aliphatic heterocycles. The molecule has 0 radical (unpaired) electrons. The van der Waals surface area contributed by atoms with Crippen LogP contribution >= 0.6 is 0 Å². The highest BCUT2D eigenvalue weighted by molar-refractivity contribution is 4.68. The Morgan fingerprint density at radius 3 is 2.33 bits per heavy atom. The van der Waals surface area contributed by atoms with E-state index in [4.69, 9.17) is 5.11 Å². The molecule has 0 fully saturated rings.